The summed E-state index contributed by atoms with van der Waals surface area (Å²) in [5.41, 5.74) is 0. The summed E-state index contributed by atoms with van der Waals surface area (Å²) in [5.74, 6) is -0.430. The third kappa shape index (κ3) is 15.2. The van der Waals surface area contributed by atoms with Gasteiger partial charge in [0.2, 0.25) is 0 Å². The van der Waals surface area contributed by atoms with Crippen LogP contribution in [-0.2, 0) is 19.1 Å². The molecule has 0 rings (SSSR count). The van der Waals surface area contributed by atoms with Gasteiger partial charge in [0.05, 0.1) is 13.2 Å². The smallest absolute Gasteiger partial charge is 0.305 e. The maximum absolute atomic E-state index is 11.4. The van der Waals surface area contributed by atoms with E-state index in [1.54, 1.807) is 0 Å². The van der Waals surface area contributed by atoms with E-state index in [-0.39, 0.29) is 11.9 Å². The average Bonchev–Trinajstić information content (AvgIpc) is 2.48. The molecule has 0 aromatic carbocycles. The van der Waals surface area contributed by atoms with Crippen molar-refractivity contribution >= 4 is 11.9 Å². The summed E-state index contributed by atoms with van der Waals surface area (Å²) in [6.07, 6.45) is 10.4. The Labute approximate surface area is 129 Å². The molecule has 0 aliphatic carbocycles. The number of ether oxygens (including phenoxy) is 2. The van der Waals surface area contributed by atoms with Crippen LogP contribution >= 0.6 is 0 Å². The monoisotopic (exact) mass is 300 g/mol. The summed E-state index contributed by atoms with van der Waals surface area (Å²) in [6, 6.07) is 0. The fourth-order valence-electron chi connectivity index (χ4n) is 1.98. The van der Waals surface area contributed by atoms with Gasteiger partial charge in [0.15, 0.2) is 0 Å². The lowest BCUT2D eigenvalue weighted by Crippen LogP contribution is -2.09. The Bertz CT molecular complexity index is 264. The Morgan fingerprint density at radius 2 is 1.14 bits per heavy atom. The minimum absolute atomic E-state index is 0.204. The number of hydrogen-bond donors (Lipinski definition) is 0. The maximum Gasteiger partial charge on any atom is 0.305 e. The molecule has 21 heavy (non-hydrogen) atoms. The average molecular weight is 300 g/mol. The lowest BCUT2D eigenvalue weighted by atomic mass is 10.1. The highest BCUT2D eigenvalue weighted by atomic mass is 16.5. The van der Waals surface area contributed by atoms with Crippen molar-refractivity contribution < 1.29 is 19.1 Å². The lowest BCUT2D eigenvalue weighted by molar-refractivity contribution is -0.145. The van der Waals surface area contributed by atoms with E-state index < -0.39 is 0 Å². The van der Waals surface area contributed by atoms with Gasteiger partial charge in [-0.15, -0.1) is 0 Å². The molecule has 0 N–H and O–H groups in total. The van der Waals surface area contributed by atoms with E-state index in [2.05, 4.69) is 6.92 Å². The zero-order valence-corrected chi connectivity index (χ0v) is 13.8. The number of carbonyl (C=O) groups excluding carboxylic acids is 2. The minimum Gasteiger partial charge on any atom is -0.466 e. The van der Waals surface area contributed by atoms with Gasteiger partial charge in [0, 0.05) is 12.8 Å². The quantitative estimate of drug-likeness (QED) is 0.352. The highest BCUT2D eigenvalue weighted by Gasteiger charge is 2.06. The number of unbranched alkanes of at least 4 members (excludes halogenated alkanes) is 6. The molecule has 0 amide bonds. The van der Waals surface area contributed by atoms with E-state index in [4.69, 9.17) is 9.47 Å². The second-order valence-corrected chi connectivity index (χ2v) is 5.42. The molecule has 0 atom stereocenters. The molecule has 4 nitrogen and oxygen atoms in total. The van der Waals surface area contributed by atoms with E-state index >= 15 is 0 Å². The standard InChI is InChI=1S/C17H32O4/c1-3-5-6-7-8-9-10-15-21-17(19)13-11-12-16(18)20-14-4-2/h3-15H2,1-2H3. The van der Waals surface area contributed by atoms with Gasteiger partial charge in [-0.2, -0.15) is 0 Å². The van der Waals surface area contributed by atoms with Crippen molar-refractivity contribution in [3.05, 3.63) is 0 Å². The molecule has 0 aromatic rings. The molecule has 0 bridgehead atoms. The lowest BCUT2D eigenvalue weighted by Gasteiger charge is -2.05. The predicted octanol–water partition coefficient (Wildman–Crippen LogP) is 4.40. The molecule has 0 aliphatic rings. The van der Waals surface area contributed by atoms with Crippen molar-refractivity contribution in [1.82, 2.24) is 0 Å². The van der Waals surface area contributed by atoms with E-state index in [9.17, 15) is 9.59 Å². The molecular weight excluding hydrogens is 268 g/mol. The van der Waals surface area contributed by atoms with Crippen LogP contribution in [0, 0.1) is 0 Å². The Hall–Kier alpha value is -1.06. The van der Waals surface area contributed by atoms with Gasteiger partial charge < -0.3 is 9.47 Å². The van der Waals surface area contributed by atoms with Gasteiger partial charge >= 0.3 is 11.9 Å². The Morgan fingerprint density at radius 3 is 1.71 bits per heavy atom. The van der Waals surface area contributed by atoms with Crippen LogP contribution in [0.15, 0.2) is 0 Å². The first-order chi connectivity index (χ1) is 10.2. The van der Waals surface area contributed by atoms with Crippen LogP contribution < -0.4 is 0 Å². The normalized spacial score (nSPS) is 10.4. The topological polar surface area (TPSA) is 52.6 Å². The molecule has 0 aromatic heterocycles. The van der Waals surface area contributed by atoms with Crippen LogP contribution in [0.5, 0.6) is 0 Å². The third-order valence-corrected chi connectivity index (χ3v) is 3.24. The molecule has 0 aliphatic heterocycles. The van der Waals surface area contributed by atoms with Crippen molar-refractivity contribution in [2.24, 2.45) is 0 Å². The number of carbonyl (C=O) groups is 2. The fourth-order valence-corrected chi connectivity index (χ4v) is 1.98. The minimum atomic E-state index is -0.225. The predicted molar refractivity (Wildman–Crippen MR) is 84.1 cm³/mol. The molecule has 0 saturated carbocycles. The summed E-state index contributed by atoms with van der Waals surface area (Å²) >= 11 is 0. The zero-order valence-electron chi connectivity index (χ0n) is 13.8. The van der Waals surface area contributed by atoms with E-state index in [1.165, 1.54) is 32.1 Å². The van der Waals surface area contributed by atoms with Crippen LogP contribution in [0.4, 0.5) is 0 Å². The van der Waals surface area contributed by atoms with Crippen LogP contribution in [0.25, 0.3) is 0 Å². The SMILES string of the molecule is CCCCCCCCCOC(=O)CCCC(=O)OCCC. The zero-order chi connectivity index (χ0) is 15.8. The van der Waals surface area contributed by atoms with Gasteiger partial charge in [-0.05, 0) is 19.3 Å². The van der Waals surface area contributed by atoms with E-state index in [0.717, 1.165) is 19.3 Å². The fraction of sp³-hybridized carbons (Fsp3) is 0.882. The molecule has 0 heterocycles. The summed E-state index contributed by atoms with van der Waals surface area (Å²) in [7, 11) is 0. The van der Waals surface area contributed by atoms with Gasteiger partial charge in [-0.1, -0.05) is 52.4 Å². The molecule has 0 saturated heterocycles. The molecule has 4 heteroatoms. The summed E-state index contributed by atoms with van der Waals surface area (Å²) < 4.78 is 10.1. The van der Waals surface area contributed by atoms with Crippen molar-refractivity contribution in [2.75, 3.05) is 13.2 Å². The summed E-state index contributed by atoms with van der Waals surface area (Å²) in [4.78, 5) is 22.7. The van der Waals surface area contributed by atoms with Crippen LogP contribution in [-0.4, -0.2) is 25.2 Å². The first-order valence-electron chi connectivity index (χ1n) is 8.52. The molecule has 0 fully saturated rings. The number of hydrogen-bond acceptors (Lipinski definition) is 4. The van der Waals surface area contributed by atoms with Crippen molar-refractivity contribution in [3.63, 3.8) is 0 Å². The van der Waals surface area contributed by atoms with Crippen molar-refractivity contribution in [3.8, 4) is 0 Å². The second kappa shape index (κ2) is 15.3. The second-order valence-electron chi connectivity index (χ2n) is 5.42. The maximum atomic E-state index is 11.4. The van der Waals surface area contributed by atoms with E-state index in [1.807, 2.05) is 6.92 Å². The molecular formula is C17H32O4. The molecule has 124 valence electrons. The van der Waals surface area contributed by atoms with Gasteiger partial charge in [-0.25, -0.2) is 0 Å². The number of rotatable bonds is 14. The van der Waals surface area contributed by atoms with Crippen LogP contribution in [0.3, 0.4) is 0 Å². The van der Waals surface area contributed by atoms with Crippen molar-refractivity contribution in [1.29, 1.82) is 0 Å². The number of esters is 2. The van der Waals surface area contributed by atoms with Crippen molar-refractivity contribution in [2.45, 2.75) is 84.5 Å². The largest absolute Gasteiger partial charge is 0.466 e. The first-order valence-corrected chi connectivity index (χ1v) is 8.52. The molecule has 0 radical (unpaired) electrons. The summed E-state index contributed by atoms with van der Waals surface area (Å²) in [6.45, 7) is 5.13. The van der Waals surface area contributed by atoms with Gasteiger partial charge in [-0.3, -0.25) is 9.59 Å². The summed E-state index contributed by atoms with van der Waals surface area (Å²) in [5, 5.41) is 0. The van der Waals surface area contributed by atoms with Crippen LogP contribution in [0.2, 0.25) is 0 Å². The first kappa shape index (κ1) is 19.9. The highest BCUT2D eigenvalue weighted by molar-refractivity contribution is 5.72. The molecule has 0 unspecified atom stereocenters. The van der Waals surface area contributed by atoms with Gasteiger partial charge in [0.25, 0.3) is 0 Å². The van der Waals surface area contributed by atoms with Gasteiger partial charge in [0.1, 0.15) is 0 Å². The highest BCUT2D eigenvalue weighted by Crippen LogP contribution is 2.07. The molecule has 0 spiro atoms. The Kier molecular flexibility index (Phi) is 14.6. The Balaban J connectivity index is 3.29. The van der Waals surface area contributed by atoms with E-state index in [0.29, 0.717) is 32.5 Å². The third-order valence-electron chi connectivity index (χ3n) is 3.24. The van der Waals surface area contributed by atoms with Crippen LogP contribution in [0.1, 0.15) is 84.5 Å². The Morgan fingerprint density at radius 1 is 0.619 bits per heavy atom.